The fourth-order valence-corrected chi connectivity index (χ4v) is 3.01. The molecule has 2 nitrogen and oxygen atoms in total. The Morgan fingerprint density at radius 3 is 2.19 bits per heavy atom. The summed E-state index contributed by atoms with van der Waals surface area (Å²) in [5.41, 5.74) is 1.97. The second kappa shape index (κ2) is 7.39. The smallest absolute Gasteiger partial charge is 0.162 e. The van der Waals surface area contributed by atoms with Crippen LogP contribution < -0.4 is 9.47 Å². The number of methoxy groups -OCH3 is 2. The Bertz CT molecular complexity index is 614. The largest absolute Gasteiger partial charge is 0.493 e. The van der Waals surface area contributed by atoms with Gasteiger partial charge in [0.15, 0.2) is 11.5 Å². The highest BCUT2D eigenvalue weighted by molar-refractivity contribution is 9.10. The van der Waals surface area contributed by atoms with Crippen LogP contribution in [0.25, 0.3) is 0 Å². The molecule has 0 spiro atoms. The summed E-state index contributed by atoms with van der Waals surface area (Å²) in [6.07, 6.45) is 0.685. The number of ether oxygens (including phenoxy) is 2. The van der Waals surface area contributed by atoms with Gasteiger partial charge in [0, 0.05) is 15.6 Å². The highest BCUT2D eigenvalue weighted by Gasteiger charge is 2.17. The molecule has 2 aromatic carbocycles. The molecule has 5 heteroatoms. The van der Waals surface area contributed by atoms with Crippen molar-refractivity contribution in [1.82, 2.24) is 0 Å². The number of rotatable bonds is 5. The fourth-order valence-electron chi connectivity index (χ4n) is 2.05. The van der Waals surface area contributed by atoms with Gasteiger partial charge in [0.25, 0.3) is 0 Å². The second-order valence-electron chi connectivity index (χ2n) is 4.53. The van der Waals surface area contributed by atoms with Crippen molar-refractivity contribution in [2.75, 3.05) is 14.2 Å². The number of hydrogen-bond donors (Lipinski definition) is 0. The first-order chi connectivity index (χ1) is 10.0. The summed E-state index contributed by atoms with van der Waals surface area (Å²) in [5.74, 6) is 1.22. The average molecular weight is 390 g/mol. The Hall–Kier alpha value is -0.900. The van der Waals surface area contributed by atoms with E-state index in [9.17, 15) is 0 Å². The Morgan fingerprint density at radius 1 is 1.05 bits per heavy atom. The van der Waals surface area contributed by atoms with Crippen LogP contribution in [0.15, 0.2) is 40.9 Å². The van der Waals surface area contributed by atoms with E-state index in [4.69, 9.17) is 32.7 Å². The van der Waals surface area contributed by atoms with Crippen molar-refractivity contribution in [2.24, 2.45) is 0 Å². The molecule has 0 saturated heterocycles. The predicted molar refractivity (Wildman–Crippen MR) is 91.0 cm³/mol. The molecule has 0 radical (unpaired) electrons. The van der Waals surface area contributed by atoms with E-state index in [-0.39, 0.29) is 5.38 Å². The minimum absolute atomic E-state index is 0.238. The van der Waals surface area contributed by atoms with Crippen molar-refractivity contribution in [3.05, 3.63) is 57.0 Å². The van der Waals surface area contributed by atoms with Gasteiger partial charge in [-0.1, -0.05) is 39.7 Å². The van der Waals surface area contributed by atoms with Gasteiger partial charge in [-0.25, -0.2) is 0 Å². The molecule has 2 rings (SSSR count). The van der Waals surface area contributed by atoms with Crippen molar-refractivity contribution in [2.45, 2.75) is 11.8 Å². The van der Waals surface area contributed by atoms with Gasteiger partial charge in [0.2, 0.25) is 0 Å². The van der Waals surface area contributed by atoms with Crippen LogP contribution in [0, 0.1) is 0 Å². The Labute approximate surface area is 143 Å². The van der Waals surface area contributed by atoms with Crippen LogP contribution in [0.2, 0.25) is 5.02 Å². The molecule has 0 N–H and O–H groups in total. The molecule has 0 saturated carbocycles. The van der Waals surface area contributed by atoms with Crippen LogP contribution in [0.5, 0.6) is 11.5 Å². The first-order valence-electron chi connectivity index (χ1n) is 6.35. The van der Waals surface area contributed by atoms with Crippen LogP contribution in [-0.2, 0) is 6.42 Å². The zero-order valence-electron chi connectivity index (χ0n) is 11.7. The summed E-state index contributed by atoms with van der Waals surface area (Å²) >= 11 is 16.2. The van der Waals surface area contributed by atoms with Gasteiger partial charge in [0.1, 0.15) is 0 Å². The van der Waals surface area contributed by atoms with Gasteiger partial charge in [-0.05, 0) is 35.7 Å². The quantitative estimate of drug-likeness (QED) is 0.615. The summed E-state index contributed by atoms with van der Waals surface area (Å²) < 4.78 is 11.6. The van der Waals surface area contributed by atoms with E-state index in [1.807, 2.05) is 30.3 Å². The van der Waals surface area contributed by atoms with Gasteiger partial charge in [-0.3, -0.25) is 0 Å². The van der Waals surface area contributed by atoms with Crippen molar-refractivity contribution in [1.29, 1.82) is 0 Å². The molecule has 0 aliphatic carbocycles. The maximum Gasteiger partial charge on any atom is 0.162 e. The van der Waals surface area contributed by atoms with Crippen LogP contribution in [0.4, 0.5) is 0 Å². The lowest BCUT2D eigenvalue weighted by molar-refractivity contribution is 0.354. The van der Waals surface area contributed by atoms with E-state index in [1.54, 1.807) is 20.3 Å². The van der Waals surface area contributed by atoms with E-state index >= 15 is 0 Å². The van der Waals surface area contributed by atoms with Crippen molar-refractivity contribution in [3.8, 4) is 11.5 Å². The van der Waals surface area contributed by atoms with Crippen molar-refractivity contribution < 1.29 is 9.47 Å². The number of hydrogen-bond acceptors (Lipinski definition) is 2. The molecular formula is C16H15BrCl2O2. The summed E-state index contributed by atoms with van der Waals surface area (Å²) in [4.78, 5) is 0. The Kier molecular flexibility index (Phi) is 5.80. The van der Waals surface area contributed by atoms with E-state index in [0.717, 1.165) is 15.6 Å². The third-order valence-electron chi connectivity index (χ3n) is 3.17. The Balaban J connectivity index is 2.26. The van der Waals surface area contributed by atoms with E-state index in [2.05, 4.69) is 15.9 Å². The SMILES string of the molecule is COc1cc(Cl)c(C(Cl)Cc2ccc(Br)cc2)cc1OC. The molecule has 0 aliphatic heterocycles. The molecule has 0 aromatic heterocycles. The maximum absolute atomic E-state index is 6.52. The number of benzene rings is 2. The maximum atomic E-state index is 6.52. The van der Waals surface area contributed by atoms with Crippen LogP contribution in [0.1, 0.15) is 16.5 Å². The fraction of sp³-hybridized carbons (Fsp3) is 0.250. The van der Waals surface area contributed by atoms with E-state index in [0.29, 0.717) is 22.9 Å². The molecule has 1 atom stereocenters. The highest BCUT2D eigenvalue weighted by atomic mass is 79.9. The molecule has 0 fully saturated rings. The zero-order chi connectivity index (χ0) is 15.4. The van der Waals surface area contributed by atoms with Gasteiger partial charge in [0.05, 0.1) is 19.6 Å². The molecule has 1 unspecified atom stereocenters. The Morgan fingerprint density at radius 2 is 1.62 bits per heavy atom. The summed E-state index contributed by atoms with van der Waals surface area (Å²) in [5, 5.41) is 0.336. The monoisotopic (exact) mass is 388 g/mol. The zero-order valence-corrected chi connectivity index (χ0v) is 14.8. The van der Waals surface area contributed by atoms with Crippen LogP contribution in [0.3, 0.4) is 0 Å². The lowest BCUT2D eigenvalue weighted by Gasteiger charge is -2.15. The minimum atomic E-state index is -0.238. The number of alkyl halides is 1. The van der Waals surface area contributed by atoms with Gasteiger partial charge in [-0.2, -0.15) is 0 Å². The average Bonchev–Trinajstić information content (AvgIpc) is 2.49. The van der Waals surface area contributed by atoms with Gasteiger partial charge in [-0.15, -0.1) is 11.6 Å². The molecule has 0 bridgehead atoms. The van der Waals surface area contributed by atoms with Crippen LogP contribution >= 0.6 is 39.1 Å². The molecule has 2 aromatic rings. The first kappa shape index (κ1) is 16.5. The van der Waals surface area contributed by atoms with Gasteiger partial charge < -0.3 is 9.47 Å². The normalized spacial score (nSPS) is 12.0. The van der Waals surface area contributed by atoms with Crippen molar-refractivity contribution >= 4 is 39.1 Å². The number of halogens is 3. The molecule has 0 aliphatic rings. The van der Waals surface area contributed by atoms with Crippen LogP contribution in [-0.4, -0.2) is 14.2 Å². The van der Waals surface area contributed by atoms with E-state index in [1.165, 1.54) is 0 Å². The predicted octanol–water partition coefficient (Wildman–Crippen LogP) is 5.64. The highest BCUT2D eigenvalue weighted by Crippen LogP contribution is 2.39. The van der Waals surface area contributed by atoms with Crippen molar-refractivity contribution in [3.63, 3.8) is 0 Å². The summed E-state index contributed by atoms with van der Waals surface area (Å²) in [7, 11) is 3.17. The molecule has 0 heterocycles. The van der Waals surface area contributed by atoms with E-state index < -0.39 is 0 Å². The molecule has 112 valence electrons. The summed E-state index contributed by atoms with van der Waals surface area (Å²) in [6.45, 7) is 0. The second-order valence-corrected chi connectivity index (χ2v) is 6.38. The first-order valence-corrected chi connectivity index (χ1v) is 7.95. The third-order valence-corrected chi connectivity index (χ3v) is 4.41. The third kappa shape index (κ3) is 4.06. The lowest BCUT2D eigenvalue weighted by Crippen LogP contribution is -1.99. The molecular weight excluding hydrogens is 375 g/mol. The minimum Gasteiger partial charge on any atom is -0.493 e. The molecule has 0 amide bonds. The lowest BCUT2D eigenvalue weighted by atomic mass is 10.0. The standard InChI is InChI=1S/C16H15BrCl2O2/c1-20-15-8-12(14(19)9-16(15)21-2)13(18)7-10-3-5-11(17)6-4-10/h3-6,8-9,13H,7H2,1-2H3. The molecule has 21 heavy (non-hydrogen) atoms. The topological polar surface area (TPSA) is 18.5 Å². The van der Waals surface area contributed by atoms with Gasteiger partial charge >= 0.3 is 0 Å². The summed E-state index contributed by atoms with van der Waals surface area (Å²) in [6, 6.07) is 11.6.